The van der Waals surface area contributed by atoms with Crippen LogP contribution in [0.2, 0.25) is 0 Å². The summed E-state index contributed by atoms with van der Waals surface area (Å²) in [5, 5.41) is 8.50. The molecule has 8 heteroatoms. The normalized spacial score (nSPS) is 11.8. The molecule has 0 aliphatic carbocycles. The lowest BCUT2D eigenvalue weighted by atomic mass is 10.2. The summed E-state index contributed by atoms with van der Waals surface area (Å²) < 4.78 is 44.7. The van der Waals surface area contributed by atoms with Crippen LogP contribution in [0.1, 0.15) is 12.0 Å². The van der Waals surface area contributed by atoms with E-state index in [1.165, 1.54) is 6.92 Å². The van der Waals surface area contributed by atoms with Crippen LogP contribution >= 0.6 is 0 Å². The van der Waals surface area contributed by atoms with Crippen molar-refractivity contribution in [2.45, 2.75) is 18.2 Å². The molecule has 0 unspecified atom stereocenters. The third-order valence-electron chi connectivity index (χ3n) is 2.58. The van der Waals surface area contributed by atoms with Crippen molar-refractivity contribution >= 4 is 15.7 Å². The first kappa shape index (κ1) is 16.8. The monoisotopic (exact) mass is 306 g/mol. The topological polar surface area (TPSA) is 102 Å². The summed E-state index contributed by atoms with van der Waals surface area (Å²) >= 11 is 0. The number of aliphatic hydroxyl groups is 1. The predicted octanol–water partition coefficient (Wildman–Crippen LogP) is 0.394. The van der Waals surface area contributed by atoms with Crippen LogP contribution in [0.15, 0.2) is 17.0 Å². The minimum absolute atomic E-state index is 0.0346. The van der Waals surface area contributed by atoms with Crippen LogP contribution in [0.5, 0.6) is 0 Å². The highest BCUT2D eigenvalue weighted by atomic mass is 32.2. The Morgan fingerprint density at radius 3 is 2.75 bits per heavy atom. The summed E-state index contributed by atoms with van der Waals surface area (Å²) in [7, 11) is -3.72. The second-order valence-corrected chi connectivity index (χ2v) is 5.96. The Labute approximate surface area is 117 Å². The maximum atomic E-state index is 13.2. The molecule has 0 radical (unpaired) electrons. The van der Waals surface area contributed by atoms with E-state index in [0.29, 0.717) is 18.6 Å². The molecular weight excluding hydrogens is 287 g/mol. The van der Waals surface area contributed by atoms with E-state index in [0.717, 1.165) is 12.1 Å². The third-order valence-corrected chi connectivity index (χ3v) is 4.18. The molecule has 0 aliphatic heterocycles. The fraction of sp³-hybridized carbons (Fsp3) is 0.500. The van der Waals surface area contributed by atoms with Crippen LogP contribution in [0, 0.1) is 12.7 Å². The highest BCUT2D eigenvalue weighted by Gasteiger charge is 2.18. The number of benzene rings is 1. The summed E-state index contributed by atoms with van der Waals surface area (Å²) in [4.78, 5) is -0.0346. The second-order valence-electron chi connectivity index (χ2n) is 4.23. The van der Waals surface area contributed by atoms with E-state index in [4.69, 9.17) is 15.6 Å². The molecule has 0 fully saturated rings. The number of rotatable bonds is 8. The first-order chi connectivity index (χ1) is 9.38. The molecule has 6 nitrogen and oxygen atoms in total. The van der Waals surface area contributed by atoms with Gasteiger partial charge in [-0.1, -0.05) is 0 Å². The number of nitrogens with two attached hydrogens (primary N) is 1. The van der Waals surface area contributed by atoms with E-state index in [9.17, 15) is 12.8 Å². The quantitative estimate of drug-likeness (QED) is 0.476. The Kier molecular flexibility index (Phi) is 6.34. The van der Waals surface area contributed by atoms with Crippen molar-refractivity contribution in [3.63, 3.8) is 0 Å². The number of halogens is 1. The van der Waals surface area contributed by atoms with Crippen molar-refractivity contribution in [3.8, 4) is 0 Å². The number of ether oxygens (including phenoxy) is 1. The van der Waals surface area contributed by atoms with Crippen LogP contribution in [-0.2, 0) is 14.8 Å². The maximum absolute atomic E-state index is 13.2. The molecule has 4 N–H and O–H groups in total. The second kappa shape index (κ2) is 7.53. The molecule has 0 saturated heterocycles. The number of hydrogen-bond donors (Lipinski definition) is 3. The lowest BCUT2D eigenvalue weighted by Gasteiger charge is -2.10. The highest BCUT2D eigenvalue weighted by Crippen LogP contribution is 2.21. The number of nitrogens with one attached hydrogen (secondary N) is 1. The molecule has 20 heavy (non-hydrogen) atoms. The van der Waals surface area contributed by atoms with Gasteiger partial charge in [-0.05, 0) is 31.0 Å². The maximum Gasteiger partial charge on any atom is 0.240 e. The first-order valence-electron chi connectivity index (χ1n) is 6.12. The molecule has 0 bridgehead atoms. The van der Waals surface area contributed by atoms with Gasteiger partial charge in [-0.25, -0.2) is 17.5 Å². The van der Waals surface area contributed by atoms with Gasteiger partial charge < -0.3 is 15.6 Å². The van der Waals surface area contributed by atoms with Gasteiger partial charge in [-0.3, -0.25) is 0 Å². The zero-order valence-corrected chi connectivity index (χ0v) is 12.0. The van der Waals surface area contributed by atoms with Crippen molar-refractivity contribution < 1.29 is 22.7 Å². The van der Waals surface area contributed by atoms with Crippen molar-refractivity contribution in [1.82, 2.24) is 4.72 Å². The Hall–Kier alpha value is -1.22. The van der Waals surface area contributed by atoms with E-state index >= 15 is 0 Å². The molecule has 0 aromatic heterocycles. The van der Waals surface area contributed by atoms with E-state index in [-0.39, 0.29) is 30.3 Å². The molecule has 0 spiro atoms. The molecule has 1 aromatic carbocycles. The zero-order valence-electron chi connectivity index (χ0n) is 11.2. The van der Waals surface area contributed by atoms with Crippen LogP contribution in [-0.4, -0.2) is 39.9 Å². The van der Waals surface area contributed by atoms with E-state index in [1.807, 2.05) is 0 Å². The molecule has 0 heterocycles. The van der Waals surface area contributed by atoms with Gasteiger partial charge in [0, 0.05) is 13.2 Å². The average molecular weight is 306 g/mol. The molecule has 1 aromatic rings. The van der Waals surface area contributed by atoms with Crippen molar-refractivity contribution in [3.05, 3.63) is 23.5 Å². The summed E-state index contributed by atoms with van der Waals surface area (Å²) in [6.45, 7) is 2.18. The Morgan fingerprint density at radius 2 is 2.10 bits per heavy atom. The number of nitrogen functional groups attached to an aromatic ring is 1. The van der Waals surface area contributed by atoms with Gasteiger partial charge in [-0.2, -0.15) is 0 Å². The lowest BCUT2D eigenvalue weighted by molar-refractivity contribution is 0.0913. The molecule has 0 aliphatic rings. The van der Waals surface area contributed by atoms with Gasteiger partial charge in [0.1, 0.15) is 5.82 Å². The van der Waals surface area contributed by atoms with Gasteiger partial charge in [0.15, 0.2) is 0 Å². The Bertz CT molecular complexity index is 549. The van der Waals surface area contributed by atoms with Crippen LogP contribution in [0.3, 0.4) is 0 Å². The van der Waals surface area contributed by atoms with E-state index in [1.54, 1.807) is 0 Å². The Morgan fingerprint density at radius 1 is 1.40 bits per heavy atom. The lowest BCUT2D eigenvalue weighted by Crippen LogP contribution is -2.26. The van der Waals surface area contributed by atoms with E-state index in [2.05, 4.69) is 4.72 Å². The average Bonchev–Trinajstić information content (AvgIpc) is 2.37. The number of sulfonamides is 1. The molecule has 114 valence electrons. The van der Waals surface area contributed by atoms with E-state index < -0.39 is 15.8 Å². The van der Waals surface area contributed by atoms with Crippen LogP contribution in [0.4, 0.5) is 10.1 Å². The fourth-order valence-corrected chi connectivity index (χ4v) is 2.92. The molecule has 1 rings (SSSR count). The summed E-state index contributed by atoms with van der Waals surface area (Å²) in [5.74, 6) is -0.640. The number of anilines is 1. The minimum Gasteiger partial charge on any atom is -0.396 e. The summed E-state index contributed by atoms with van der Waals surface area (Å²) in [6.07, 6.45) is 0.467. The molecular formula is C12H19FN2O4S. The number of aliphatic hydroxyl groups excluding tert-OH is 1. The Balaban J connectivity index is 2.63. The standard InChI is InChI=1S/C12H19FN2O4S/c1-9-7-10(13)11(14)8-12(9)20(17,18)15-3-2-5-19-6-4-16/h7-8,15-16H,2-6,14H2,1H3. The zero-order chi connectivity index (χ0) is 15.2. The van der Waals surface area contributed by atoms with Crippen LogP contribution < -0.4 is 10.5 Å². The predicted molar refractivity (Wildman–Crippen MR) is 73.3 cm³/mol. The molecule has 0 saturated carbocycles. The fourth-order valence-electron chi connectivity index (χ4n) is 1.58. The highest BCUT2D eigenvalue weighted by molar-refractivity contribution is 7.89. The van der Waals surface area contributed by atoms with Gasteiger partial charge in [0.25, 0.3) is 0 Å². The summed E-state index contributed by atoms with van der Waals surface area (Å²) in [5.41, 5.74) is 5.47. The van der Waals surface area contributed by atoms with Crippen molar-refractivity contribution in [2.75, 3.05) is 32.1 Å². The van der Waals surface area contributed by atoms with Gasteiger partial charge in [0.05, 0.1) is 23.8 Å². The van der Waals surface area contributed by atoms with Crippen LogP contribution in [0.25, 0.3) is 0 Å². The van der Waals surface area contributed by atoms with Gasteiger partial charge in [-0.15, -0.1) is 0 Å². The van der Waals surface area contributed by atoms with Crippen molar-refractivity contribution in [1.29, 1.82) is 0 Å². The van der Waals surface area contributed by atoms with Crippen molar-refractivity contribution in [2.24, 2.45) is 0 Å². The number of aryl methyl sites for hydroxylation is 1. The first-order valence-corrected chi connectivity index (χ1v) is 7.60. The number of hydrogen-bond acceptors (Lipinski definition) is 5. The SMILES string of the molecule is Cc1cc(F)c(N)cc1S(=O)(=O)NCCCOCCO. The minimum atomic E-state index is -3.72. The molecule has 0 atom stereocenters. The van der Waals surface area contributed by atoms with Gasteiger partial charge >= 0.3 is 0 Å². The molecule has 0 amide bonds. The smallest absolute Gasteiger partial charge is 0.240 e. The largest absolute Gasteiger partial charge is 0.396 e. The van der Waals surface area contributed by atoms with Gasteiger partial charge in [0.2, 0.25) is 10.0 Å². The summed E-state index contributed by atoms with van der Waals surface area (Å²) in [6, 6.07) is 2.20. The third kappa shape index (κ3) is 4.71.